The van der Waals surface area contributed by atoms with Crippen LogP contribution in [0.1, 0.15) is 16.7 Å². The van der Waals surface area contributed by atoms with Gasteiger partial charge < -0.3 is 9.42 Å². The Labute approximate surface area is 167 Å². The van der Waals surface area contributed by atoms with Gasteiger partial charge in [-0.15, -0.1) is 0 Å². The van der Waals surface area contributed by atoms with Crippen LogP contribution in [0.15, 0.2) is 59.1 Å². The summed E-state index contributed by atoms with van der Waals surface area (Å²) in [7, 11) is 0. The van der Waals surface area contributed by atoms with E-state index in [9.17, 15) is 13.2 Å². The van der Waals surface area contributed by atoms with Gasteiger partial charge in [-0.3, -0.25) is 4.90 Å². The van der Waals surface area contributed by atoms with Gasteiger partial charge in [-0.05, 0) is 24.6 Å². The second kappa shape index (κ2) is 7.91. The molecule has 4 rings (SSSR count). The fourth-order valence-electron chi connectivity index (χ4n) is 3.46. The van der Waals surface area contributed by atoms with Crippen molar-refractivity contribution in [1.82, 2.24) is 10.1 Å². The van der Waals surface area contributed by atoms with Crippen molar-refractivity contribution in [2.45, 2.75) is 19.6 Å². The van der Waals surface area contributed by atoms with Gasteiger partial charge in [0.1, 0.15) is 0 Å². The molecule has 0 N–H and O–H groups in total. The molecule has 7 heteroatoms. The minimum Gasteiger partial charge on any atom is -0.354 e. The molecule has 0 spiro atoms. The number of benzene rings is 2. The van der Waals surface area contributed by atoms with E-state index in [0.717, 1.165) is 61.0 Å². The summed E-state index contributed by atoms with van der Waals surface area (Å²) in [5, 5.41) is 4.21. The lowest BCUT2D eigenvalue weighted by Crippen LogP contribution is -2.46. The number of alkyl halides is 3. The predicted octanol–water partition coefficient (Wildman–Crippen LogP) is 4.99. The molecular formula is C22H22F3N3O. The van der Waals surface area contributed by atoms with E-state index in [1.54, 1.807) is 12.1 Å². The average molecular weight is 401 g/mol. The van der Waals surface area contributed by atoms with Gasteiger partial charge in [0.25, 0.3) is 0 Å². The van der Waals surface area contributed by atoms with Crippen LogP contribution >= 0.6 is 0 Å². The van der Waals surface area contributed by atoms with Crippen molar-refractivity contribution in [3.05, 3.63) is 71.3 Å². The number of aryl methyl sites for hydroxylation is 1. The summed E-state index contributed by atoms with van der Waals surface area (Å²) in [6.07, 6.45) is -4.29. The minimum atomic E-state index is -4.29. The number of hydrogen-bond donors (Lipinski definition) is 0. The smallest absolute Gasteiger partial charge is 0.354 e. The summed E-state index contributed by atoms with van der Waals surface area (Å²) in [5.74, 6) is 1.56. The van der Waals surface area contributed by atoms with Crippen LogP contribution in [0, 0.1) is 6.92 Å². The third-order valence-electron chi connectivity index (χ3n) is 5.22. The number of rotatable bonds is 4. The average Bonchev–Trinajstić information content (AvgIpc) is 3.19. The summed E-state index contributed by atoms with van der Waals surface area (Å²) < 4.78 is 43.5. The number of hydrogen-bond acceptors (Lipinski definition) is 4. The Hall–Kier alpha value is -2.80. The molecular weight excluding hydrogens is 379 g/mol. The SMILES string of the molecule is Cc1ccc(-c2cc(N3CCN(Cc4ccc(C(F)(F)F)cc4)CC3)no2)cc1. The second-order valence-electron chi connectivity index (χ2n) is 7.37. The molecule has 0 aliphatic carbocycles. The van der Waals surface area contributed by atoms with E-state index in [4.69, 9.17) is 4.52 Å². The molecule has 2 heterocycles. The zero-order valence-electron chi connectivity index (χ0n) is 16.1. The maximum absolute atomic E-state index is 12.7. The van der Waals surface area contributed by atoms with E-state index in [-0.39, 0.29) is 0 Å². The van der Waals surface area contributed by atoms with E-state index in [0.29, 0.717) is 6.54 Å². The first-order chi connectivity index (χ1) is 13.9. The van der Waals surface area contributed by atoms with Gasteiger partial charge >= 0.3 is 6.18 Å². The monoisotopic (exact) mass is 401 g/mol. The number of halogens is 3. The van der Waals surface area contributed by atoms with Crippen LogP contribution in [0.5, 0.6) is 0 Å². The first kappa shape index (κ1) is 19.5. The van der Waals surface area contributed by atoms with Gasteiger partial charge in [0.15, 0.2) is 11.6 Å². The van der Waals surface area contributed by atoms with E-state index in [1.807, 2.05) is 37.3 Å². The molecule has 1 aliphatic rings. The van der Waals surface area contributed by atoms with Crippen LogP contribution in [0.3, 0.4) is 0 Å². The highest BCUT2D eigenvalue weighted by molar-refractivity contribution is 5.61. The molecule has 1 aromatic heterocycles. The van der Waals surface area contributed by atoms with Crippen LogP contribution in [0.2, 0.25) is 0 Å². The highest BCUT2D eigenvalue weighted by Crippen LogP contribution is 2.29. The lowest BCUT2D eigenvalue weighted by atomic mass is 10.1. The molecule has 0 saturated carbocycles. The van der Waals surface area contributed by atoms with E-state index < -0.39 is 11.7 Å². The van der Waals surface area contributed by atoms with E-state index in [2.05, 4.69) is 15.0 Å². The Morgan fingerprint density at radius 3 is 2.21 bits per heavy atom. The Kier molecular flexibility index (Phi) is 5.32. The molecule has 29 heavy (non-hydrogen) atoms. The number of anilines is 1. The zero-order valence-corrected chi connectivity index (χ0v) is 16.1. The van der Waals surface area contributed by atoms with Gasteiger partial charge in [0.05, 0.1) is 5.56 Å². The van der Waals surface area contributed by atoms with Crippen LogP contribution in [-0.2, 0) is 12.7 Å². The molecule has 0 radical (unpaired) electrons. The summed E-state index contributed by atoms with van der Waals surface area (Å²) in [4.78, 5) is 4.41. The molecule has 0 bridgehead atoms. The van der Waals surface area contributed by atoms with Gasteiger partial charge in [-0.25, -0.2) is 0 Å². The maximum Gasteiger partial charge on any atom is 0.416 e. The Balaban J connectivity index is 1.33. The van der Waals surface area contributed by atoms with Gasteiger partial charge in [0, 0.05) is 44.4 Å². The van der Waals surface area contributed by atoms with Crippen LogP contribution in [0.4, 0.5) is 19.0 Å². The van der Waals surface area contributed by atoms with Crippen molar-refractivity contribution in [3.8, 4) is 11.3 Å². The van der Waals surface area contributed by atoms with Crippen LogP contribution in [-0.4, -0.2) is 36.2 Å². The van der Waals surface area contributed by atoms with Crippen molar-refractivity contribution in [3.63, 3.8) is 0 Å². The van der Waals surface area contributed by atoms with Crippen molar-refractivity contribution in [2.75, 3.05) is 31.1 Å². The molecule has 2 aromatic carbocycles. The second-order valence-corrected chi connectivity index (χ2v) is 7.37. The summed E-state index contributed by atoms with van der Waals surface area (Å²) in [5.41, 5.74) is 2.46. The lowest BCUT2D eigenvalue weighted by molar-refractivity contribution is -0.137. The van der Waals surface area contributed by atoms with Crippen molar-refractivity contribution < 1.29 is 17.7 Å². The first-order valence-corrected chi connectivity index (χ1v) is 9.56. The molecule has 1 fully saturated rings. The number of nitrogens with zero attached hydrogens (tertiary/aromatic N) is 3. The Bertz CT molecular complexity index is 941. The largest absolute Gasteiger partial charge is 0.416 e. The third-order valence-corrected chi connectivity index (χ3v) is 5.22. The Morgan fingerprint density at radius 1 is 0.931 bits per heavy atom. The summed E-state index contributed by atoms with van der Waals surface area (Å²) in [6, 6.07) is 15.5. The van der Waals surface area contributed by atoms with Crippen molar-refractivity contribution in [2.24, 2.45) is 0 Å². The van der Waals surface area contributed by atoms with Gasteiger partial charge in [0.2, 0.25) is 0 Å². The molecule has 4 nitrogen and oxygen atoms in total. The fourth-order valence-corrected chi connectivity index (χ4v) is 3.46. The molecule has 1 aliphatic heterocycles. The zero-order chi connectivity index (χ0) is 20.4. The van der Waals surface area contributed by atoms with Crippen molar-refractivity contribution in [1.29, 1.82) is 0 Å². The third kappa shape index (κ3) is 4.62. The van der Waals surface area contributed by atoms with Gasteiger partial charge in [-0.2, -0.15) is 13.2 Å². The van der Waals surface area contributed by atoms with Crippen LogP contribution < -0.4 is 4.90 Å². The van der Waals surface area contributed by atoms with Crippen molar-refractivity contribution >= 4 is 5.82 Å². The maximum atomic E-state index is 12.7. The first-order valence-electron chi connectivity index (χ1n) is 9.56. The molecule has 0 amide bonds. The van der Waals surface area contributed by atoms with Gasteiger partial charge in [-0.1, -0.05) is 47.1 Å². The molecule has 152 valence electrons. The molecule has 1 saturated heterocycles. The predicted molar refractivity (Wildman–Crippen MR) is 106 cm³/mol. The number of aromatic nitrogens is 1. The summed E-state index contributed by atoms with van der Waals surface area (Å²) >= 11 is 0. The summed E-state index contributed by atoms with van der Waals surface area (Å²) in [6.45, 7) is 5.89. The fraction of sp³-hybridized carbons (Fsp3) is 0.318. The normalized spacial score (nSPS) is 15.7. The highest BCUT2D eigenvalue weighted by Gasteiger charge is 2.30. The highest BCUT2D eigenvalue weighted by atomic mass is 19.4. The molecule has 0 atom stereocenters. The minimum absolute atomic E-state index is 0.610. The quantitative estimate of drug-likeness (QED) is 0.617. The molecule has 3 aromatic rings. The Morgan fingerprint density at radius 2 is 1.59 bits per heavy atom. The topological polar surface area (TPSA) is 32.5 Å². The van der Waals surface area contributed by atoms with E-state index in [1.165, 1.54) is 5.56 Å². The van der Waals surface area contributed by atoms with E-state index >= 15 is 0 Å². The molecule has 0 unspecified atom stereocenters. The lowest BCUT2D eigenvalue weighted by Gasteiger charge is -2.34. The standard InChI is InChI=1S/C22H22F3N3O/c1-16-2-6-18(7-3-16)20-14-21(26-29-20)28-12-10-27(11-13-28)15-17-4-8-19(9-5-17)22(23,24)25/h2-9,14H,10-13,15H2,1H3. The van der Waals surface area contributed by atoms with Crippen LogP contribution in [0.25, 0.3) is 11.3 Å². The number of piperazine rings is 1.